The molecule has 0 bridgehead atoms. The van der Waals surface area contributed by atoms with Crippen LogP contribution in [0.1, 0.15) is 24.5 Å². The first kappa shape index (κ1) is 14.5. The van der Waals surface area contributed by atoms with E-state index in [2.05, 4.69) is 28.2 Å². The fourth-order valence-electron chi connectivity index (χ4n) is 2.40. The first-order valence-electron chi connectivity index (χ1n) is 6.68. The number of carbonyl (C=O) groups excluding carboxylic acids is 1. The summed E-state index contributed by atoms with van der Waals surface area (Å²) in [7, 11) is 0. The van der Waals surface area contributed by atoms with Crippen LogP contribution in [0.15, 0.2) is 22.7 Å². The zero-order chi connectivity index (χ0) is 13.8. The zero-order valence-electron chi connectivity index (χ0n) is 11.4. The molecular formula is C15H20BrNO2. The SMILES string of the molecule is Cc1cc(Br)ccc1CC(=O)N[C@H](C)[C@@H]1CCOC1. The molecule has 1 heterocycles. The molecule has 2 atom stereocenters. The number of hydrogen-bond donors (Lipinski definition) is 1. The minimum Gasteiger partial charge on any atom is -0.381 e. The molecule has 1 aromatic carbocycles. The summed E-state index contributed by atoms with van der Waals surface area (Å²) >= 11 is 3.43. The Labute approximate surface area is 122 Å². The van der Waals surface area contributed by atoms with Crippen LogP contribution in [0.3, 0.4) is 0 Å². The predicted octanol–water partition coefficient (Wildman–Crippen LogP) is 2.84. The van der Waals surface area contributed by atoms with Crippen LogP contribution < -0.4 is 5.32 Å². The predicted molar refractivity (Wildman–Crippen MR) is 79.1 cm³/mol. The maximum atomic E-state index is 12.1. The van der Waals surface area contributed by atoms with Crippen molar-refractivity contribution in [2.75, 3.05) is 13.2 Å². The van der Waals surface area contributed by atoms with Crippen LogP contribution in [0.4, 0.5) is 0 Å². The van der Waals surface area contributed by atoms with Gasteiger partial charge in [-0.05, 0) is 43.5 Å². The number of ether oxygens (including phenoxy) is 1. The van der Waals surface area contributed by atoms with E-state index in [1.807, 2.05) is 25.1 Å². The van der Waals surface area contributed by atoms with Crippen molar-refractivity contribution in [2.45, 2.75) is 32.7 Å². The third kappa shape index (κ3) is 4.05. The molecular weight excluding hydrogens is 306 g/mol. The summed E-state index contributed by atoms with van der Waals surface area (Å²) in [6, 6.07) is 6.20. The van der Waals surface area contributed by atoms with Crippen molar-refractivity contribution in [3.05, 3.63) is 33.8 Å². The highest BCUT2D eigenvalue weighted by Crippen LogP contribution is 2.18. The van der Waals surface area contributed by atoms with Gasteiger partial charge in [0.05, 0.1) is 13.0 Å². The monoisotopic (exact) mass is 325 g/mol. The van der Waals surface area contributed by atoms with E-state index >= 15 is 0 Å². The normalized spacial score (nSPS) is 20.3. The maximum absolute atomic E-state index is 12.1. The lowest BCUT2D eigenvalue weighted by atomic mass is 10.00. The Kier molecular flexibility index (Phi) is 4.99. The van der Waals surface area contributed by atoms with Gasteiger partial charge in [-0.15, -0.1) is 0 Å². The van der Waals surface area contributed by atoms with Gasteiger partial charge in [0, 0.05) is 23.0 Å². The van der Waals surface area contributed by atoms with Gasteiger partial charge < -0.3 is 10.1 Å². The highest BCUT2D eigenvalue weighted by atomic mass is 79.9. The van der Waals surface area contributed by atoms with Gasteiger partial charge in [0.1, 0.15) is 0 Å². The van der Waals surface area contributed by atoms with Crippen molar-refractivity contribution in [2.24, 2.45) is 5.92 Å². The summed E-state index contributed by atoms with van der Waals surface area (Å²) in [5, 5.41) is 3.08. The van der Waals surface area contributed by atoms with Crippen LogP contribution in [0.25, 0.3) is 0 Å². The van der Waals surface area contributed by atoms with Gasteiger partial charge in [0.15, 0.2) is 0 Å². The van der Waals surface area contributed by atoms with Crippen LogP contribution in [0.2, 0.25) is 0 Å². The van der Waals surface area contributed by atoms with E-state index in [0.717, 1.165) is 35.2 Å². The Balaban J connectivity index is 1.89. The first-order chi connectivity index (χ1) is 9.06. The maximum Gasteiger partial charge on any atom is 0.224 e. The number of halogens is 1. The molecule has 1 N–H and O–H groups in total. The van der Waals surface area contributed by atoms with Crippen molar-refractivity contribution in [1.29, 1.82) is 0 Å². The second-order valence-electron chi connectivity index (χ2n) is 5.23. The fraction of sp³-hybridized carbons (Fsp3) is 0.533. The van der Waals surface area contributed by atoms with E-state index in [4.69, 9.17) is 4.74 Å². The number of benzene rings is 1. The van der Waals surface area contributed by atoms with E-state index in [1.165, 1.54) is 0 Å². The minimum atomic E-state index is 0.0878. The highest BCUT2D eigenvalue weighted by Gasteiger charge is 2.23. The first-order valence-corrected chi connectivity index (χ1v) is 7.47. The Morgan fingerprint density at radius 1 is 1.58 bits per heavy atom. The Morgan fingerprint density at radius 2 is 2.37 bits per heavy atom. The highest BCUT2D eigenvalue weighted by molar-refractivity contribution is 9.10. The number of carbonyl (C=O) groups is 1. The Morgan fingerprint density at radius 3 is 3.00 bits per heavy atom. The number of aryl methyl sites for hydroxylation is 1. The summed E-state index contributed by atoms with van der Waals surface area (Å²) in [6.45, 7) is 5.67. The minimum absolute atomic E-state index is 0.0878. The van der Waals surface area contributed by atoms with Crippen molar-refractivity contribution >= 4 is 21.8 Å². The van der Waals surface area contributed by atoms with Crippen molar-refractivity contribution in [1.82, 2.24) is 5.32 Å². The van der Waals surface area contributed by atoms with Gasteiger partial charge in [-0.3, -0.25) is 4.79 Å². The molecule has 3 nitrogen and oxygen atoms in total. The lowest BCUT2D eigenvalue weighted by Crippen LogP contribution is -2.39. The molecule has 0 aromatic heterocycles. The number of rotatable bonds is 4. The largest absolute Gasteiger partial charge is 0.381 e. The van der Waals surface area contributed by atoms with Gasteiger partial charge in [0.2, 0.25) is 5.91 Å². The van der Waals surface area contributed by atoms with Gasteiger partial charge in [0.25, 0.3) is 0 Å². The average molecular weight is 326 g/mol. The van der Waals surface area contributed by atoms with Gasteiger partial charge in [-0.1, -0.05) is 22.0 Å². The summed E-state index contributed by atoms with van der Waals surface area (Å²) in [4.78, 5) is 12.1. The molecule has 1 saturated heterocycles. The molecule has 0 radical (unpaired) electrons. The molecule has 104 valence electrons. The number of hydrogen-bond acceptors (Lipinski definition) is 2. The molecule has 1 aliphatic rings. The smallest absolute Gasteiger partial charge is 0.224 e. The van der Waals surface area contributed by atoms with Crippen LogP contribution in [-0.4, -0.2) is 25.2 Å². The van der Waals surface area contributed by atoms with E-state index in [0.29, 0.717) is 12.3 Å². The molecule has 0 aliphatic carbocycles. The van der Waals surface area contributed by atoms with Crippen LogP contribution >= 0.6 is 15.9 Å². The van der Waals surface area contributed by atoms with E-state index in [9.17, 15) is 4.79 Å². The molecule has 0 saturated carbocycles. The van der Waals surface area contributed by atoms with Crippen LogP contribution in [0.5, 0.6) is 0 Å². The summed E-state index contributed by atoms with van der Waals surface area (Å²) in [5.41, 5.74) is 2.22. The molecule has 19 heavy (non-hydrogen) atoms. The molecule has 1 amide bonds. The number of amides is 1. The summed E-state index contributed by atoms with van der Waals surface area (Å²) < 4.78 is 6.40. The summed E-state index contributed by atoms with van der Waals surface area (Å²) in [5.74, 6) is 0.541. The van der Waals surface area contributed by atoms with E-state index in [-0.39, 0.29) is 11.9 Å². The second kappa shape index (κ2) is 6.53. The molecule has 0 unspecified atom stereocenters. The lowest BCUT2D eigenvalue weighted by Gasteiger charge is -2.19. The molecule has 1 aromatic rings. The van der Waals surface area contributed by atoms with E-state index in [1.54, 1.807) is 0 Å². The zero-order valence-corrected chi connectivity index (χ0v) is 13.0. The number of nitrogens with one attached hydrogen (secondary N) is 1. The van der Waals surface area contributed by atoms with Crippen LogP contribution in [-0.2, 0) is 16.0 Å². The molecule has 0 spiro atoms. The van der Waals surface area contributed by atoms with Crippen molar-refractivity contribution in [3.8, 4) is 0 Å². The lowest BCUT2D eigenvalue weighted by molar-refractivity contribution is -0.121. The van der Waals surface area contributed by atoms with Gasteiger partial charge >= 0.3 is 0 Å². The van der Waals surface area contributed by atoms with E-state index < -0.39 is 0 Å². The molecule has 2 rings (SSSR count). The van der Waals surface area contributed by atoms with Crippen LogP contribution in [0, 0.1) is 12.8 Å². The average Bonchev–Trinajstić information content (AvgIpc) is 2.86. The third-order valence-electron chi connectivity index (χ3n) is 3.72. The van der Waals surface area contributed by atoms with Crippen molar-refractivity contribution < 1.29 is 9.53 Å². The van der Waals surface area contributed by atoms with Crippen molar-refractivity contribution in [3.63, 3.8) is 0 Å². The standard InChI is InChI=1S/C15H20BrNO2/c1-10-7-14(16)4-3-12(10)8-15(18)17-11(2)13-5-6-19-9-13/h3-4,7,11,13H,5-6,8-9H2,1-2H3,(H,17,18)/t11-,13-/m1/s1. The quantitative estimate of drug-likeness (QED) is 0.924. The molecule has 1 fully saturated rings. The fourth-order valence-corrected chi connectivity index (χ4v) is 2.88. The summed E-state index contributed by atoms with van der Waals surface area (Å²) in [6.07, 6.45) is 1.48. The molecule has 4 heteroatoms. The topological polar surface area (TPSA) is 38.3 Å². The Hall–Kier alpha value is -0.870. The van der Waals surface area contributed by atoms with Gasteiger partial charge in [-0.25, -0.2) is 0 Å². The molecule has 1 aliphatic heterocycles. The Bertz CT molecular complexity index is 455. The second-order valence-corrected chi connectivity index (χ2v) is 6.14. The third-order valence-corrected chi connectivity index (χ3v) is 4.21. The van der Waals surface area contributed by atoms with Gasteiger partial charge in [-0.2, -0.15) is 0 Å².